The first kappa shape index (κ1) is 17.2. The van der Waals surface area contributed by atoms with Gasteiger partial charge in [-0.1, -0.05) is 58.7 Å². The summed E-state index contributed by atoms with van der Waals surface area (Å²) in [7, 11) is 2.90. The third-order valence-electron chi connectivity index (χ3n) is 3.53. The molecule has 2 aromatic carbocycles. The number of benzene rings is 2. The quantitative estimate of drug-likeness (QED) is 0.671. The third-order valence-corrected chi connectivity index (χ3v) is 4.00. The lowest BCUT2D eigenvalue weighted by molar-refractivity contribution is 0.927. The minimum absolute atomic E-state index is 0. The van der Waals surface area contributed by atoms with E-state index in [0.29, 0.717) is 5.92 Å². The molecule has 0 aliphatic rings. The van der Waals surface area contributed by atoms with Crippen LogP contribution < -0.4 is 0 Å². The van der Waals surface area contributed by atoms with Crippen molar-refractivity contribution in [3.63, 3.8) is 0 Å². The summed E-state index contributed by atoms with van der Waals surface area (Å²) >= 11 is 0. The highest BCUT2D eigenvalue weighted by Gasteiger charge is 2.13. The van der Waals surface area contributed by atoms with Crippen molar-refractivity contribution in [3.05, 3.63) is 69.8 Å². The molecule has 0 saturated carbocycles. The van der Waals surface area contributed by atoms with Crippen molar-refractivity contribution in [1.82, 2.24) is 0 Å². The van der Waals surface area contributed by atoms with E-state index >= 15 is 0 Å². The molecule has 0 aliphatic carbocycles. The summed E-state index contributed by atoms with van der Waals surface area (Å²) in [5, 5.41) is 0. The first-order valence-electron chi connectivity index (χ1n) is 6.86. The fraction of sp³-hybridized carbons (Fsp3) is 0.333. The van der Waals surface area contributed by atoms with Crippen molar-refractivity contribution >= 4 is 21.6 Å². The average molecular weight is 307 g/mol. The van der Waals surface area contributed by atoms with Gasteiger partial charge in [0.05, 0.1) is 0 Å². The van der Waals surface area contributed by atoms with Crippen molar-refractivity contribution in [1.29, 1.82) is 0 Å². The predicted octanol–water partition coefficient (Wildman–Crippen LogP) is 5.35. The summed E-state index contributed by atoms with van der Waals surface area (Å²) in [6.45, 7) is 8.71. The van der Waals surface area contributed by atoms with Crippen LogP contribution in [0.1, 0.15) is 39.3 Å². The molecule has 2 heteroatoms. The van der Waals surface area contributed by atoms with Gasteiger partial charge in [0.25, 0.3) is 0 Å². The summed E-state index contributed by atoms with van der Waals surface area (Å²) in [6, 6.07) is 13.8. The van der Waals surface area contributed by atoms with E-state index in [9.17, 15) is 0 Å². The van der Waals surface area contributed by atoms with Crippen LogP contribution in [-0.2, 0) is 0 Å². The molecule has 2 aromatic rings. The van der Waals surface area contributed by atoms with Crippen LogP contribution in [-0.4, -0.2) is 6.16 Å². The molecule has 1 atom stereocenters. The highest BCUT2D eigenvalue weighted by molar-refractivity contribution is 7.16. The Balaban J connectivity index is 0.00000200. The van der Waals surface area contributed by atoms with Crippen molar-refractivity contribution in [2.75, 3.05) is 6.16 Å². The van der Waals surface area contributed by atoms with Crippen LogP contribution in [0.2, 0.25) is 0 Å². The minimum atomic E-state index is 0. The van der Waals surface area contributed by atoms with Crippen molar-refractivity contribution in [3.8, 4) is 0 Å². The molecule has 0 fully saturated rings. The van der Waals surface area contributed by atoms with Gasteiger partial charge in [0.2, 0.25) is 0 Å². The van der Waals surface area contributed by atoms with Gasteiger partial charge in [-0.15, -0.1) is 21.6 Å². The van der Waals surface area contributed by atoms with Crippen LogP contribution in [0.15, 0.2) is 36.4 Å². The molecule has 0 nitrogen and oxygen atoms in total. The molecule has 0 aliphatic heterocycles. The molecule has 0 N–H and O–H groups in total. The number of halogens is 1. The van der Waals surface area contributed by atoms with Crippen LogP contribution in [0.4, 0.5) is 0 Å². The molecule has 108 valence electrons. The highest BCUT2D eigenvalue weighted by Crippen LogP contribution is 2.29. The maximum Gasteiger partial charge on any atom is 0.0124 e. The van der Waals surface area contributed by atoms with Crippen LogP contribution in [0.3, 0.4) is 0 Å². The van der Waals surface area contributed by atoms with E-state index in [1.807, 2.05) is 0 Å². The van der Waals surface area contributed by atoms with Gasteiger partial charge < -0.3 is 0 Å². The average Bonchev–Trinajstić information content (AvgIpc) is 2.27. The molecular formula is C18H24ClP. The smallest absolute Gasteiger partial charge is 0.0124 e. The molecule has 2 rings (SSSR count). The second-order valence-corrected chi connectivity index (χ2v) is 6.10. The van der Waals surface area contributed by atoms with E-state index in [4.69, 9.17) is 0 Å². The summed E-state index contributed by atoms with van der Waals surface area (Å²) < 4.78 is 0. The number of rotatable bonds is 3. The number of hydrogen-bond donors (Lipinski definition) is 0. The van der Waals surface area contributed by atoms with Crippen LogP contribution in [0.25, 0.3) is 0 Å². The Morgan fingerprint density at radius 3 is 1.25 bits per heavy atom. The summed E-state index contributed by atoms with van der Waals surface area (Å²) in [4.78, 5) is 0. The van der Waals surface area contributed by atoms with Crippen LogP contribution >= 0.6 is 21.6 Å². The van der Waals surface area contributed by atoms with Gasteiger partial charge in [0, 0.05) is 5.92 Å². The maximum atomic E-state index is 2.90. The molecule has 0 heterocycles. The van der Waals surface area contributed by atoms with Gasteiger partial charge in [-0.25, -0.2) is 0 Å². The molecule has 0 saturated heterocycles. The standard InChI is InChI=1S/C18H23P.ClH/c1-12-5-13(2)8-16(7-12)18(11-19)17-9-14(3)6-15(4)10-17;/h5-10,18H,11,19H2,1-4H3;1H. The van der Waals surface area contributed by atoms with E-state index in [1.165, 1.54) is 33.4 Å². The first-order valence-corrected chi connectivity index (χ1v) is 7.67. The fourth-order valence-corrected chi connectivity index (χ4v) is 3.43. The zero-order valence-corrected chi connectivity index (χ0v) is 14.7. The Hall–Kier alpha value is -0.840. The second-order valence-electron chi connectivity index (χ2n) is 5.63. The molecule has 0 spiro atoms. The number of aryl methyl sites for hydroxylation is 4. The lowest BCUT2D eigenvalue weighted by Gasteiger charge is -2.18. The van der Waals surface area contributed by atoms with E-state index < -0.39 is 0 Å². The van der Waals surface area contributed by atoms with Gasteiger partial charge in [-0.3, -0.25) is 0 Å². The predicted molar refractivity (Wildman–Crippen MR) is 95.5 cm³/mol. The first-order chi connectivity index (χ1) is 8.99. The van der Waals surface area contributed by atoms with Crippen molar-refractivity contribution < 1.29 is 0 Å². The Kier molecular flexibility index (Phi) is 6.24. The van der Waals surface area contributed by atoms with E-state index in [-0.39, 0.29) is 12.4 Å². The third kappa shape index (κ3) is 4.08. The molecule has 0 radical (unpaired) electrons. The van der Waals surface area contributed by atoms with Crippen molar-refractivity contribution in [2.24, 2.45) is 0 Å². The Bertz CT molecular complexity index is 498. The van der Waals surface area contributed by atoms with Crippen LogP contribution in [0, 0.1) is 27.7 Å². The van der Waals surface area contributed by atoms with Gasteiger partial charge in [0.15, 0.2) is 0 Å². The largest absolute Gasteiger partial charge is 0.147 e. The summed E-state index contributed by atoms with van der Waals surface area (Å²) in [5.41, 5.74) is 8.26. The van der Waals surface area contributed by atoms with E-state index in [1.54, 1.807) is 0 Å². The van der Waals surface area contributed by atoms with Crippen LogP contribution in [0.5, 0.6) is 0 Å². The number of hydrogen-bond acceptors (Lipinski definition) is 0. The molecule has 0 amide bonds. The van der Waals surface area contributed by atoms with Gasteiger partial charge in [-0.05, 0) is 45.0 Å². The van der Waals surface area contributed by atoms with Gasteiger partial charge >= 0.3 is 0 Å². The second kappa shape index (κ2) is 7.25. The topological polar surface area (TPSA) is 0 Å². The van der Waals surface area contributed by atoms with Gasteiger partial charge in [-0.2, -0.15) is 0 Å². The maximum absolute atomic E-state index is 2.90. The molecule has 0 bridgehead atoms. The lowest BCUT2D eigenvalue weighted by Crippen LogP contribution is -2.04. The van der Waals surface area contributed by atoms with Gasteiger partial charge in [0.1, 0.15) is 0 Å². The molecular weight excluding hydrogens is 283 g/mol. The van der Waals surface area contributed by atoms with Crippen molar-refractivity contribution in [2.45, 2.75) is 33.6 Å². The summed E-state index contributed by atoms with van der Waals surface area (Å²) in [5.74, 6) is 0.474. The Morgan fingerprint density at radius 1 is 0.700 bits per heavy atom. The van der Waals surface area contributed by atoms with E-state index in [0.717, 1.165) is 6.16 Å². The molecule has 1 unspecified atom stereocenters. The molecule has 0 aromatic heterocycles. The zero-order valence-electron chi connectivity index (χ0n) is 12.7. The Morgan fingerprint density at radius 2 is 1.00 bits per heavy atom. The Labute approximate surface area is 131 Å². The van der Waals surface area contributed by atoms with E-state index in [2.05, 4.69) is 73.3 Å². The SMILES string of the molecule is Cc1cc(C)cc(C(CP)c2cc(C)cc(C)c2)c1.Cl. The monoisotopic (exact) mass is 306 g/mol. The summed E-state index contributed by atoms with van der Waals surface area (Å²) in [6.07, 6.45) is 1.06. The fourth-order valence-electron chi connectivity index (χ4n) is 2.89. The zero-order chi connectivity index (χ0) is 14.0. The highest BCUT2D eigenvalue weighted by atomic mass is 35.5. The molecule has 20 heavy (non-hydrogen) atoms. The lowest BCUT2D eigenvalue weighted by atomic mass is 9.89. The normalized spacial score (nSPS) is 10.5. The minimum Gasteiger partial charge on any atom is -0.147 e.